The summed E-state index contributed by atoms with van der Waals surface area (Å²) in [5.74, 6) is 0. The van der Waals surface area contributed by atoms with Crippen molar-refractivity contribution in [2.75, 3.05) is 0 Å². The molecule has 10 heavy (non-hydrogen) atoms. The van der Waals surface area contributed by atoms with Gasteiger partial charge in [0.15, 0.2) is 0 Å². The summed E-state index contributed by atoms with van der Waals surface area (Å²) in [6.45, 7) is 0. The number of hydrogen-bond donors (Lipinski definition) is 0. The van der Waals surface area contributed by atoms with Gasteiger partial charge >= 0.3 is 59.5 Å². The minimum Gasteiger partial charge on any atom is -0.759 e. The zero-order chi connectivity index (χ0) is 8.08. The Balaban J connectivity index is -0.0000000910. The fourth-order valence-electron chi connectivity index (χ4n) is 0. The molecule has 0 aromatic carbocycles. The summed E-state index contributed by atoms with van der Waals surface area (Å²) in [5, 5.41) is 0. The van der Waals surface area contributed by atoms with Crippen LogP contribution in [0.25, 0.3) is 0 Å². The first kappa shape index (κ1) is 17.2. The van der Waals surface area contributed by atoms with Gasteiger partial charge in [-0.25, -0.2) is 0 Å². The largest absolute Gasteiger partial charge is 2.00 e. The van der Waals surface area contributed by atoms with Crippen molar-refractivity contribution >= 4 is 69.9 Å². The maximum absolute atomic E-state index is 8.52. The molecule has 0 aliphatic rings. The second-order valence-corrected chi connectivity index (χ2v) is 1.84. The van der Waals surface area contributed by atoms with Crippen molar-refractivity contribution in [1.29, 1.82) is 0 Å². The Bertz CT molecular complexity index is 224. The molecular weight excluding hydrogens is 313 g/mol. The Morgan fingerprint density at radius 2 is 1.00 bits per heavy atom. The summed E-state index contributed by atoms with van der Waals surface area (Å²) in [4.78, 5) is 0. The third-order valence-electron chi connectivity index (χ3n) is 0. The smallest absolute Gasteiger partial charge is 0.759 e. The molecule has 0 bridgehead atoms. The van der Waals surface area contributed by atoms with Crippen molar-refractivity contribution in [3.63, 3.8) is 0 Å². The maximum atomic E-state index is 8.52. The average Bonchev–Trinajstić information content (AvgIpc) is 1.19. The molecule has 0 saturated carbocycles. The van der Waals surface area contributed by atoms with Crippen LogP contribution in [0.15, 0.2) is 0 Å². The van der Waals surface area contributed by atoms with Crippen LogP contribution in [-0.4, -0.2) is 79.0 Å². The first-order valence-corrected chi connectivity index (χ1v) is 3.50. The van der Waals surface area contributed by atoms with Crippen molar-refractivity contribution < 1.29 is 30.1 Å². The van der Waals surface area contributed by atoms with Crippen LogP contribution in [0.5, 0.6) is 0 Å². The Labute approximate surface area is 98.5 Å². The fourth-order valence-corrected chi connectivity index (χ4v) is 0. The van der Waals surface area contributed by atoms with Crippen LogP contribution in [-0.2, 0) is 21.0 Å². The molecular formula is BaO7S2. The Hall–Kier alpha value is 1.06. The number of hydrogen-bond acceptors (Lipinski definition) is 7. The quantitative estimate of drug-likeness (QED) is 0.269. The van der Waals surface area contributed by atoms with E-state index in [0.717, 1.165) is 0 Å². The Kier molecular flexibility index (Phi) is 14.1. The van der Waals surface area contributed by atoms with Crippen LogP contribution in [0.1, 0.15) is 0 Å². The van der Waals surface area contributed by atoms with E-state index in [4.69, 9.17) is 30.1 Å². The van der Waals surface area contributed by atoms with Crippen LogP contribution in [0.3, 0.4) is 0 Å². The minimum absolute atomic E-state index is 0. The molecule has 0 fully saturated rings. The van der Waals surface area contributed by atoms with E-state index in [1.807, 2.05) is 0 Å². The number of rotatable bonds is 0. The third kappa shape index (κ3) is 523. The van der Waals surface area contributed by atoms with E-state index in [1.165, 1.54) is 0 Å². The average molecular weight is 313 g/mol. The predicted octanol–water partition coefficient (Wildman–Crippen LogP) is -2.72. The summed E-state index contributed by atoms with van der Waals surface area (Å²) in [6.07, 6.45) is 0. The van der Waals surface area contributed by atoms with Gasteiger partial charge in [-0.1, -0.05) is 0 Å². The zero-order valence-corrected chi connectivity index (χ0v) is 10.5. The molecule has 0 atom stereocenters. The van der Waals surface area contributed by atoms with E-state index in [0.29, 0.717) is 0 Å². The van der Waals surface area contributed by atoms with E-state index in [9.17, 15) is 0 Å². The van der Waals surface area contributed by atoms with Crippen molar-refractivity contribution in [2.45, 2.75) is 0 Å². The van der Waals surface area contributed by atoms with Gasteiger partial charge in [0, 0.05) is 10.4 Å². The molecule has 0 unspecified atom stereocenters. The van der Waals surface area contributed by atoms with Gasteiger partial charge in [0.25, 0.3) is 0 Å². The van der Waals surface area contributed by atoms with Gasteiger partial charge in [-0.15, -0.1) is 12.6 Å². The van der Waals surface area contributed by atoms with Crippen LogP contribution in [0.2, 0.25) is 0 Å². The second kappa shape index (κ2) is 8.16. The molecule has 10 heteroatoms. The molecule has 0 aromatic rings. The summed E-state index contributed by atoms with van der Waals surface area (Å²) >= 11 is 0. The van der Waals surface area contributed by atoms with Gasteiger partial charge in [0.1, 0.15) is 0 Å². The topological polar surface area (TPSA) is 131 Å². The van der Waals surface area contributed by atoms with Gasteiger partial charge in [-0.2, -0.15) is 0 Å². The summed E-state index contributed by atoms with van der Waals surface area (Å²) in [7, 11) is -8.28. The first-order valence-electron chi connectivity index (χ1n) is 1.17. The fraction of sp³-hybridized carbons (Fsp3) is 0. The van der Waals surface area contributed by atoms with E-state index >= 15 is 0 Å². The third-order valence-corrected chi connectivity index (χ3v) is 0. The molecule has 0 saturated heterocycles. The monoisotopic (exact) mass is 314 g/mol. The van der Waals surface area contributed by atoms with Crippen molar-refractivity contribution in [2.24, 2.45) is 0 Å². The van der Waals surface area contributed by atoms with Crippen LogP contribution in [0, 0.1) is 0 Å². The van der Waals surface area contributed by atoms with Gasteiger partial charge < -0.3 is 9.11 Å². The van der Waals surface area contributed by atoms with E-state index < -0.39 is 21.0 Å². The van der Waals surface area contributed by atoms with Crippen LogP contribution in [0.4, 0.5) is 0 Å². The molecule has 0 spiro atoms. The normalized spacial score (nSPS) is 8.20. The standard InChI is InChI=1S/Ba.H2O4S.O3S/c;1-5(2,3)4;1-4(2)3/h;(H2,1,2,3,4);/q+2;;/p-2. The summed E-state index contributed by atoms with van der Waals surface area (Å²) in [5.41, 5.74) is 0. The van der Waals surface area contributed by atoms with Crippen molar-refractivity contribution in [3.05, 3.63) is 0 Å². The SMILES string of the molecule is O=S(=O)([O-])[O-].O=S(=O)=O.[Ba+2]. The molecule has 7 nitrogen and oxygen atoms in total. The molecule has 0 aromatic heterocycles. The molecule has 0 aliphatic heterocycles. The van der Waals surface area contributed by atoms with E-state index in [1.54, 1.807) is 0 Å². The van der Waals surface area contributed by atoms with Crippen molar-refractivity contribution in [3.8, 4) is 0 Å². The van der Waals surface area contributed by atoms with Crippen molar-refractivity contribution in [1.82, 2.24) is 0 Å². The van der Waals surface area contributed by atoms with Gasteiger partial charge in [-0.3, -0.25) is 8.42 Å². The predicted molar refractivity (Wildman–Crippen MR) is 25.9 cm³/mol. The van der Waals surface area contributed by atoms with Crippen LogP contribution < -0.4 is 0 Å². The molecule has 0 amide bonds. The maximum Gasteiger partial charge on any atom is 2.00 e. The van der Waals surface area contributed by atoms with E-state index in [-0.39, 0.29) is 48.9 Å². The Morgan fingerprint density at radius 1 is 1.00 bits per heavy atom. The molecule has 0 aliphatic carbocycles. The van der Waals surface area contributed by atoms with Gasteiger partial charge in [-0.05, 0) is 0 Å². The van der Waals surface area contributed by atoms with E-state index in [2.05, 4.69) is 0 Å². The minimum atomic E-state index is -5.17. The van der Waals surface area contributed by atoms with Gasteiger partial charge in [0.2, 0.25) is 0 Å². The molecule has 0 N–H and O–H groups in total. The zero-order valence-electron chi connectivity index (χ0n) is 4.38. The first-order chi connectivity index (χ1) is 3.73. The molecule has 56 valence electrons. The van der Waals surface area contributed by atoms with Crippen LogP contribution >= 0.6 is 0 Å². The summed E-state index contributed by atoms with van der Waals surface area (Å²) in [6, 6.07) is 0. The summed E-state index contributed by atoms with van der Waals surface area (Å²) < 4.78 is 59.4. The van der Waals surface area contributed by atoms with Gasteiger partial charge in [0.05, 0.1) is 0 Å². The Morgan fingerprint density at radius 3 is 1.00 bits per heavy atom. The molecule has 0 heterocycles. The second-order valence-electron chi connectivity index (χ2n) is 0.612. The molecule has 0 rings (SSSR count). The molecule has 0 radical (unpaired) electrons.